The number of benzene rings is 1. The quantitative estimate of drug-likeness (QED) is 0.416. The summed E-state index contributed by atoms with van der Waals surface area (Å²) in [4.78, 5) is 5.63. The SMILES string of the molecule is CN=C(NCCc1cccs1)NCc1ccc(OCCOC)cc1. The maximum atomic E-state index is 5.56. The van der Waals surface area contributed by atoms with Crippen molar-refractivity contribution in [2.45, 2.75) is 13.0 Å². The first-order valence-electron chi connectivity index (χ1n) is 7.99. The minimum atomic E-state index is 0.564. The number of hydrogen-bond donors (Lipinski definition) is 2. The highest BCUT2D eigenvalue weighted by atomic mass is 32.1. The second kappa shape index (κ2) is 10.7. The highest BCUT2D eigenvalue weighted by Crippen LogP contribution is 2.12. The molecule has 0 aliphatic rings. The molecule has 5 nitrogen and oxygen atoms in total. The molecule has 1 aromatic heterocycles. The fourth-order valence-corrected chi connectivity index (χ4v) is 2.82. The highest BCUT2D eigenvalue weighted by Gasteiger charge is 2.00. The maximum absolute atomic E-state index is 5.56. The molecule has 6 heteroatoms. The largest absolute Gasteiger partial charge is 0.491 e. The summed E-state index contributed by atoms with van der Waals surface area (Å²) in [6.45, 7) is 2.75. The molecule has 0 spiro atoms. The first kappa shape index (κ1) is 18.3. The Hall–Kier alpha value is -2.05. The van der Waals surface area contributed by atoms with E-state index in [4.69, 9.17) is 9.47 Å². The zero-order valence-electron chi connectivity index (χ0n) is 14.2. The molecule has 0 unspecified atom stereocenters. The third-order valence-electron chi connectivity index (χ3n) is 3.41. The van der Waals surface area contributed by atoms with E-state index in [-0.39, 0.29) is 0 Å². The van der Waals surface area contributed by atoms with Crippen LogP contribution in [0.3, 0.4) is 0 Å². The van der Waals surface area contributed by atoms with Crippen molar-refractivity contribution in [3.63, 3.8) is 0 Å². The van der Waals surface area contributed by atoms with Crippen LogP contribution in [0.5, 0.6) is 5.75 Å². The van der Waals surface area contributed by atoms with Crippen molar-refractivity contribution in [1.29, 1.82) is 0 Å². The monoisotopic (exact) mass is 347 g/mol. The second-order valence-corrected chi connectivity index (χ2v) is 6.20. The lowest BCUT2D eigenvalue weighted by molar-refractivity contribution is 0.146. The van der Waals surface area contributed by atoms with Crippen molar-refractivity contribution < 1.29 is 9.47 Å². The van der Waals surface area contributed by atoms with Crippen LogP contribution >= 0.6 is 11.3 Å². The van der Waals surface area contributed by atoms with Crippen molar-refractivity contribution in [2.75, 3.05) is 33.9 Å². The topological polar surface area (TPSA) is 54.9 Å². The van der Waals surface area contributed by atoms with Crippen molar-refractivity contribution >= 4 is 17.3 Å². The van der Waals surface area contributed by atoms with Crippen LogP contribution in [0.15, 0.2) is 46.8 Å². The van der Waals surface area contributed by atoms with Gasteiger partial charge in [-0.25, -0.2) is 0 Å². The molecule has 0 atom stereocenters. The normalized spacial score (nSPS) is 11.3. The molecule has 0 fully saturated rings. The van der Waals surface area contributed by atoms with Crippen LogP contribution in [0.25, 0.3) is 0 Å². The van der Waals surface area contributed by atoms with Gasteiger partial charge in [0.15, 0.2) is 5.96 Å². The molecule has 24 heavy (non-hydrogen) atoms. The van der Waals surface area contributed by atoms with Crippen LogP contribution in [-0.4, -0.2) is 39.9 Å². The molecular formula is C18H25N3O2S. The number of rotatable bonds is 9. The number of methoxy groups -OCH3 is 1. The number of hydrogen-bond acceptors (Lipinski definition) is 4. The Balaban J connectivity index is 1.70. The van der Waals surface area contributed by atoms with Crippen LogP contribution in [0, 0.1) is 0 Å². The summed E-state index contributed by atoms with van der Waals surface area (Å²) in [5, 5.41) is 8.75. The number of guanidine groups is 1. The summed E-state index contributed by atoms with van der Waals surface area (Å²) >= 11 is 1.78. The van der Waals surface area contributed by atoms with E-state index in [1.165, 1.54) is 10.4 Å². The smallest absolute Gasteiger partial charge is 0.191 e. The molecule has 0 saturated carbocycles. The minimum Gasteiger partial charge on any atom is -0.491 e. The van der Waals surface area contributed by atoms with Gasteiger partial charge in [0.05, 0.1) is 6.61 Å². The van der Waals surface area contributed by atoms with Crippen molar-refractivity contribution in [3.8, 4) is 5.75 Å². The first-order chi connectivity index (χ1) is 11.8. The van der Waals surface area contributed by atoms with Gasteiger partial charge in [0.1, 0.15) is 12.4 Å². The van der Waals surface area contributed by atoms with Crippen molar-refractivity contribution in [3.05, 3.63) is 52.2 Å². The lowest BCUT2D eigenvalue weighted by atomic mass is 10.2. The Bertz CT molecular complexity index is 597. The Labute approximate surface area is 147 Å². The van der Waals surface area contributed by atoms with Gasteiger partial charge in [-0.2, -0.15) is 0 Å². The molecule has 0 amide bonds. The van der Waals surface area contributed by atoms with E-state index in [2.05, 4.69) is 33.1 Å². The van der Waals surface area contributed by atoms with Gasteiger partial charge < -0.3 is 20.1 Å². The van der Waals surface area contributed by atoms with Crippen LogP contribution in [0.2, 0.25) is 0 Å². The van der Waals surface area contributed by atoms with Gasteiger partial charge in [0.2, 0.25) is 0 Å². The zero-order chi connectivity index (χ0) is 17.0. The second-order valence-electron chi connectivity index (χ2n) is 5.17. The molecule has 1 heterocycles. The van der Waals surface area contributed by atoms with Crippen LogP contribution in [-0.2, 0) is 17.7 Å². The van der Waals surface area contributed by atoms with E-state index in [0.29, 0.717) is 13.2 Å². The van der Waals surface area contributed by atoms with Crippen LogP contribution < -0.4 is 15.4 Å². The summed E-state index contributed by atoms with van der Waals surface area (Å²) in [6, 6.07) is 12.3. The Morgan fingerprint density at radius 2 is 1.96 bits per heavy atom. The molecule has 0 bridgehead atoms. The summed E-state index contributed by atoms with van der Waals surface area (Å²) in [7, 11) is 3.45. The van der Waals surface area contributed by atoms with Crippen LogP contribution in [0.4, 0.5) is 0 Å². The van der Waals surface area contributed by atoms with Gasteiger partial charge in [-0.3, -0.25) is 4.99 Å². The Morgan fingerprint density at radius 3 is 2.62 bits per heavy atom. The summed E-state index contributed by atoms with van der Waals surface area (Å²) in [5.74, 6) is 1.67. The van der Waals surface area contributed by atoms with E-state index < -0.39 is 0 Å². The summed E-state index contributed by atoms with van der Waals surface area (Å²) in [5.41, 5.74) is 1.18. The molecular weight excluding hydrogens is 322 g/mol. The zero-order valence-corrected chi connectivity index (χ0v) is 15.1. The van der Waals surface area contributed by atoms with Gasteiger partial charge in [-0.05, 0) is 35.6 Å². The van der Waals surface area contributed by atoms with E-state index in [0.717, 1.165) is 31.2 Å². The molecule has 1 aromatic carbocycles. The van der Waals surface area contributed by atoms with E-state index in [1.807, 2.05) is 24.3 Å². The summed E-state index contributed by atoms with van der Waals surface area (Å²) < 4.78 is 10.5. The number of aliphatic imine (C=N–C) groups is 1. The van der Waals surface area contributed by atoms with Gasteiger partial charge in [0.25, 0.3) is 0 Å². The predicted molar refractivity (Wildman–Crippen MR) is 100 cm³/mol. The first-order valence-corrected chi connectivity index (χ1v) is 8.87. The van der Waals surface area contributed by atoms with Crippen molar-refractivity contribution in [1.82, 2.24) is 10.6 Å². The fraction of sp³-hybridized carbons (Fsp3) is 0.389. The molecule has 2 aromatic rings. The van der Waals surface area contributed by atoms with Gasteiger partial charge in [0, 0.05) is 32.1 Å². The van der Waals surface area contributed by atoms with Gasteiger partial charge in [-0.15, -0.1) is 11.3 Å². The fourth-order valence-electron chi connectivity index (χ4n) is 2.11. The maximum Gasteiger partial charge on any atom is 0.191 e. The van der Waals surface area contributed by atoms with Gasteiger partial charge in [-0.1, -0.05) is 18.2 Å². The third kappa shape index (κ3) is 6.60. The minimum absolute atomic E-state index is 0.564. The Morgan fingerprint density at radius 1 is 1.12 bits per heavy atom. The van der Waals surface area contributed by atoms with E-state index >= 15 is 0 Å². The number of thiophene rings is 1. The average molecular weight is 347 g/mol. The average Bonchev–Trinajstić information content (AvgIpc) is 3.13. The summed E-state index contributed by atoms with van der Waals surface area (Å²) in [6.07, 6.45) is 1.01. The number of nitrogens with zero attached hydrogens (tertiary/aromatic N) is 1. The molecule has 0 aliphatic carbocycles. The molecule has 0 saturated heterocycles. The van der Waals surface area contributed by atoms with Crippen LogP contribution in [0.1, 0.15) is 10.4 Å². The standard InChI is InChI=1S/C18H25N3O2S/c1-19-18(20-10-9-17-4-3-13-24-17)21-14-15-5-7-16(8-6-15)23-12-11-22-2/h3-8,13H,9-12,14H2,1-2H3,(H2,19,20,21). The number of nitrogens with one attached hydrogen (secondary N) is 2. The third-order valence-corrected chi connectivity index (χ3v) is 4.34. The van der Waals surface area contributed by atoms with E-state index in [1.54, 1.807) is 25.5 Å². The Kier molecular flexibility index (Phi) is 8.13. The molecule has 2 rings (SSSR count). The molecule has 130 valence electrons. The van der Waals surface area contributed by atoms with E-state index in [9.17, 15) is 0 Å². The number of ether oxygens (including phenoxy) is 2. The highest BCUT2D eigenvalue weighted by molar-refractivity contribution is 7.09. The molecule has 2 N–H and O–H groups in total. The molecule has 0 aliphatic heterocycles. The lowest BCUT2D eigenvalue weighted by Gasteiger charge is -2.12. The predicted octanol–water partition coefficient (Wildman–Crippen LogP) is 2.68. The van der Waals surface area contributed by atoms with Gasteiger partial charge >= 0.3 is 0 Å². The lowest BCUT2D eigenvalue weighted by Crippen LogP contribution is -2.37. The molecule has 0 radical (unpaired) electrons. The van der Waals surface area contributed by atoms with Crippen molar-refractivity contribution in [2.24, 2.45) is 4.99 Å².